The first-order chi connectivity index (χ1) is 11.3. The van der Waals surface area contributed by atoms with Crippen molar-refractivity contribution in [2.75, 3.05) is 31.1 Å². The fourth-order valence-electron chi connectivity index (χ4n) is 2.53. The van der Waals surface area contributed by atoms with E-state index in [1.165, 1.54) is 4.72 Å². The molecule has 1 aliphatic heterocycles. The van der Waals surface area contributed by atoms with Crippen molar-refractivity contribution >= 4 is 21.5 Å². The third-order valence-electron chi connectivity index (χ3n) is 3.71. The number of piperazine rings is 1. The number of fused-ring (bicyclic) bond motifs is 1. The van der Waals surface area contributed by atoms with Crippen LogP contribution < -0.4 is 14.9 Å². The van der Waals surface area contributed by atoms with Gasteiger partial charge in [0, 0.05) is 32.4 Å². The maximum atomic E-state index is 12.4. The van der Waals surface area contributed by atoms with Crippen molar-refractivity contribution in [1.29, 1.82) is 0 Å². The van der Waals surface area contributed by atoms with Crippen molar-refractivity contribution in [2.24, 2.45) is 0 Å². The molecule has 1 fully saturated rings. The number of hydrogen-bond donors (Lipinski definition) is 2. The SMILES string of the molecule is O=S(=O)(NCc1cn2c(N3CCNCC3)cccc2n1)C(F)(F)F. The fourth-order valence-corrected chi connectivity index (χ4v) is 3.04. The number of nitrogens with one attached hydrogen (secondary N) is 2. The quantitative estimate of drug-likeness (QED) is 0.835. The van der Waals surface area contributed by atoms with Crippen LogP contribution in [0.5, 0.6) is 0 Å². The number of alkyl halides is 3. The highest BCUT2D eigenvalue weighted by atomic mass is 32.2. The summed E-state index contributed by atoms with van der Waals surface area (Å²) in [5.74, 6) is 0.867. The summed E-state index contributed by atoms with van der Waals surface area (Å²) >= 11 is 0. The Balaban J connectivity index is 1.84. The van der Waals surface area contributed by atoms with Gasteiger partial charge in [-0.25, -0.2) is 18.1 Å². The van der Waals surface area contributed by atoms with Crippen LogP contribution in [0.15, 0.2) is 24.4 Å². The van der Waals surface area contributed by atoms with Crippen LogP contribution in [0.25, 0.3) is 5.65 Å². The molecule has 11 heteroatoms. The molecule has 2 aromatic heterocycles. The summed E-state index contributed by atoms with van der Waals surface area (Å²) in [6, 6.07) is 5.42. The van der Waals surface area contributed by atoms with Gasteiger partial charge < -0.3 is 10.2 Å². The van der Waals surface area contributed by atoms with Crippen LogP contribution in [-0.2, 0) is 16.6 Å². The highest BCUT2D eigenvalue weighted by molar-refractivity contribution is 7.90. The highest BCUT2D eigenvalue weighted by Crippen LogP contribution is 2.22. The number of anilines is 1. The zero-order chi connectivity index (χ0) is 17.4. The molecule has 0 unspecified atom stereocenters. The normalized spacial score (nSPS) is 16.7. The maximum absolute atomic E-state index is 12.4. The van der Waals surface area contributed by atoms with Gasteiger partial charge in [0.2, 0.25) is 0 Å². The number of nitrogens with zero attached hydrogens (tertiary/aromatic N) is 3. The van der Waals surface area contributed by atoms with Gasteiger partial charge in [0.25, 0.3) is 0 Å². The number of halogens is 3. The summed E-state index contributed by atoms with van der Waals surface area (Å²) in [6.07, 6.45) is 1.55. The second-order valence-electron chi connectivity index (χ2n) is 5.35. The Kier molecular flexibility index (Phi) is 4.40. The van der Waals surface area contributed by atoms with E-state index in [2.05, 4.69) is 15.2 Å². The van der Waals surface area contributed by atoms with E-state index in [9.17, 15) is 21.6 Å². The highest BCUT2D eigenvalue weighted by Gasteiger charge is 2.45. The molecule has 1 saturated heterocycles. The summed E-state index contributed by atoms with van der Waals surface area (Å²) in [5.41, 5.74) is -4.57. The number of pyridine rings is 1. The smallest absolute Gasteiger partial charge is 0.355 e. The Hall–Kier alpha value is -1.85. The van der Waals surface area contributed by atoms with Gasteiger partial charge in [0.1, 0.15) is 11.5 Å². The molecule has 0 saturated carbocycles. The topological polar surface area (TPSA) is 78.7 Å². The lowest BCUT2D eigenvalue weighted by atomic mass is 10.3. The van der Waals surface area contributed by atoms with Gasteiger partial charge in [-0.1, -0.05) is 6.07 Å². The van der Waals surface area contributed by atoms with E-state index in [4.69, 9.17) is 0 Å². The minimum atomic E-state index is -5.38. The van der Waals surface area contributed by atoms with E-state index in [1.54, 1.807) is 16.7 Å². The molecular weight excluding hydrogens is 347 g/mol. The van der Waals surface area contributed by atoms with Gasteiger partial charge >= 0.3 is 15.5 Å². The van der Waals surface area contributed by atoms with Crippen molar-refractivity contribution in [3.8, 4) is 0 Å². The maximum Gasteiger partial charge on any atom is 0.511 e. The molecule has 132 valence electrons. The summed E-state index contributed by atoms with van der Waals surface area (Å²) in [7, 11) is -5.38. The van der Waals surface area contributed by atoms with Gasteiger partial charge in [-0.05, 0) is 12.1 Å². The minimum Gasteiger partial charge on any atom is -0.355 e. The number of hydrogen-bond acceptors (Lipinski definition) is 5. The van der Waals surface area contributed by atoms with E-state index in [-0.39, 0.29) is 5.69 Å². The Morgan fingerprint density at radius 3 is 2.62 bits per heavy atom. The lowest BCUT2D eigenvalue weighted by Crippen LogP contribution is -2.44. The number of sulfonamides is 1. The predicted octanol–water partition coefficient (Wildman–Crippen LogP) is 0.683. The largest absolute Gasteiger partial charge is 0.511 e. The van der Waals surface area contributed by atoms with Crippen LogP contribution in [0.4, 0.5) is 19.0 Å². The standard InChI is InChI=1S/C13H16F3N5O2S/c14-13(15,16)24(22,23)18-8-10-9-21-11(19-10)2-1-3-12(21)20-6-4-17-5-7-20/h1-3,9,17-18H,4-8H2. The van der Waals surface area contributed by atoms with Gasteiger partial charge in [-0.3, -0.25) is 4.40 Å². The molecule has 1 aliphatic rings. The lowest BCUT2D eigenvalue weighted by molar-refractivity contribution is -0.0448. The van der Waals surface area contributed by atoms with Crippen LogP contribution in [-0.4, -0.2) is 49.5 Å². The number of rotatable bonds is 4. The molecule has 24 heavy (non-hydrogen) atoms. The van der Waals surface area contributed by atoms with Gasteiger partial charge in [0.15, 0.2) is 0 Å². The number of aromatic nitrogens is 2. The van der Waals surface area contributed by atoms with Crippen LogP contribution in [0, 0.1) is 0 Å². The Bertz CT molecular complexity index is 828. The van der Waals surface area contributed by atoms with Gasteiger partial charge in [0.05, 0.1) is 12.2 Å². The van der Waals surface area contributed by atoms with Crippen LogP contribution in [0.2, 0.25) is 0 Å². The summed E-state index contributed by atoms with van der Waals surface area (Å²) in [6.45, 7) is 2.75. The lowest BCUT2D eigenvalue weighted by Gasteiger charge is -2.29. The molecule has 0 amide bonds. The van der Waals surface area contributed by atoms with Crippen LogP contribution in [0.3, 0.4) is 0 Å². The van der Waals surface area contributed by atoms with E-state index in [0.29, 0.717) is 5.65 Å². The molecule has 3 heterocycles. The summed E-state index contributed by atoms with van der Waals surface area (Å²) < 4.78 is 62.5. The zero-order valence-electron chi connectivity index (χ0n) is 12.5. The zero-order valence-corrected chi connectivity index (χ0v) is 13.4. The van der Waals surface area contributed by atoms with Crippen molar-refractivity contribution in [1.82, 2.24) is 19.4 Å². The minimum absolute atomic E-state index is 0.213. The summed E-state index contributed by atoms with van der Waals surface area (Å²) in [4.78, 5) is 6.31. The number of imidazole rings is 1. The Labute approximate surface area is 136 Å². The molecule has 0 atom stereocenters. The second-order valence-corrected chi connectivity index (χ2v) is 7.11. The molecule has 0 aliphatic carbocycles. The van der Waals surface area contributed by atoms with Crippen LogP contribution in [0.1, 0.15) is 5.69 Å². The fraction of sp³-hybridized carbons (Fsp3) is 0.462. The van der Waals surface area contributed by atoms with Crippen molar-refractivity contribution in [3.05, 3.63) is 30.1 Å². The average molecular weight is 363 g/mol. The Morgan fingerprint density at radius 1 is 1.25 bits per heavy atom. The molecule has 2 N–H and O–H groups in total. The van der Waals surface area contributed by atoms with Crippen molar-refractivity contribution in [3.63, 3.8) is 0 Å². The molecule has 3 rings (SSSR count). The predicted molar refractivity (Wildman–Crippen MR) is 82.1 cm³/mol. The van der Waals surface area contributed by atoms with E-state index >= 15 is 0 Å². The molecule has 0 bridgehead atoms. The third kappa shape index (κ3) is 3.32. The second kappa shape index (κ2) is 6.22. The first kappa shape index (κ1) is 17.0. The Morgan fingerprint density at radius 2 is 1.96 bits per heavy atom. The van der Waals surface area contributed by atoms with E-state index in [1.807, 2.05) is 12.1 Å². The third-order valence-corrected chi connectivity index (χ3v) is 4.84. The van der Waals surface area contributed by atoms with Crippen molar-refractivity contribution < 1.29 is 21.6 Å². The van der Waals surface area contributed by atoms with Crippen LogP contribution >= 0.6 is 0 Å². The van der Waals surface area contributed by atoms with Crippen molar-refractivity contribution in [2.45, 2.75) is 12.1 Å². The molecule has 0 radical (unpaired) electrons. The molecule has 0 spiro atoms. The molecule has 0 aromatic carbocycles. The monoisotopic (exact) mass is 363 g/mol. The molecule has 2 aromatic rings. The van der Waals surface area contributed by atoms with E-state index in [0.717, 1.165) is 32.0 Å². The first-order valence-electron chi connectivity index (χ1n) is 7.26. The average Bonchev–Trinajstić information content (AvgIpc) is 2.96. The first-order valence-corrected chi connectivity index (χ1v) is 8.75. The van der Waals surface area contributed by atoms with Gasteiger partial charge in [-0.2, -0.15) is 13.2 Å². The molecular formula is C13H16F3N5O2S. The van der Waals surface area contributed by atoms with E-state index < -0.39 is 22.1 Å². The summed E-state index contributed by atoms with van der Waals surface area (Å²) in [5, 5.41) is 3.24. The van der Waals surface area contributed by atoms with Gasteiger partial charge in [-0.15, -0.1) is 0 Å². The molecule has 7 nitrogen and oxygen atoms in total.